The molecule has 11 N–H and O–H groups in total. The van der Waals surface area contributed by atoms with E-state index >= 15 is 0 Å². The summed E-state index contributed by atoms with van der Waals surface area (Å²) in [4.78, 5) is 88.0. The van der Waals surface area contributed by atoms with E-state index in [4.69, 9.17) is 15.9 Å². The fourth-order valence-corrected chi connectivity index (χ4v) is 4.20. The number of nitrogens with one attached hydrogen (secondary N) is 5. The molecule has 264 valence electrons. The number of carbonyl (C=O) groups is 7. The minimum atomic E-state index is -1.52. The number of aliphatic carboxylic acids is 2. The Morgan fingerprint density at radius 1 is 0.630 bits per heavy atom. The number of amides is 5. The SMILES string of the molecule is CC[C@@H](C)[C@@H](NC(=O)[C@H](NC(=O)[C@H](NC(=O)[C@H](N)CO)[C@H](C)O)C(C)C)C(=O)N[C@@H](C(=O)N[C@H](CCC(=O)O)C(=O)O)[C@H](C)CC. The lowest BCUT2D eigenvalue weighted by atomic mass is 9.94. The van der Waals surface area contributed by atoms with Crippen LogP contribution >= 0.6 is 0 Å². The van der Waals surface area contributed by atoms with Crippen LogP contribution in [0.3, 0.4) is 0 Å². The van der Waals surface area contributed by atoms with Gasteiger partial charge in [0.2, 0.25) is 29.5 Å². The first-order valence-electron chi connectivity index (χ1n) is 15.3. The van der Waals surface area contributed by atoms with Gasteiger partial charge >= 0.3 is 11.9 Å². The lowest BCUT2D eigenvalue weighted by Crippen LogP contribution is -2.63. The summed E-state index contributed by atoms with van der Waals surface area (Å²) in [6.45, 7) is 10.6. The Labute approximate surface area is 268 Å². The van der Waals surface area contributed by atoms with Gasteiger partial charge in [-0.1, -0.05) is 54.4 Å². The minimum Gasteiger partial charge on any atom is -0.481 e. The van der Waals surface area contributed by atoms with E-state index in [1.165, 1.54) is 6.92 Å². The van der Waals surface area contributed by atoms with Crippen molar-refractivity contribution in [2.24, 2.45) is 23.5 Å². The normalized spacial score (nSPS) is 17.1. The van der Waals surface area contributed by atoms with Crippen molar-refractivity contribution in [2.75, 3.05) is 6.61 Å². The zero-order valence-corrected chi connectivity index (χ0v) is 27.5. The number of aliphatic hydroxyl groups is 2. The lowest BCUT2D eigenvalue weighted by Gasteiger charge is -2.31. The number of hydrogen-bond acceptors (Lipinski definition) is 10. The third-order valence-corrected chi connectivity index (χ3v) is 7.69. The van der Waals surface area contributed by atoms with Gasteiger partial charge in [0.05, 0.1) is 12.7 Å². The molecule has 0 heterocycles. The third-order valence-electron chi connectivity index (χ3n) is 7.69. The number of hydrogen-bond donors (Lipinski definition) is 10. The van der Waals surface area contributed by atoms with Crippen LogP contribution in [0, 0.1) is 17.8 Å². The van der Waals surface area contributed by atoms with Gasteiger partial charge in [-0.05, 0) is 31.1 Å². The van der Waals surface area contributed by atoms with Crippen LogP contribution in [0.15, 0.2) is 0 Å². The van der Waals surface area contributed by atoms with Gasteiger partial charge in [-0.25, -0.2) is 4.79 Å². The highest BCUT2D eigenvalue weighted by Gasteiger charge is 2.37. The zero-order valence-electron chi connectivity index (χ0n) is 27.5. The standard InChI is InChI=1S/C29H52N6O11/c1-8-14(5)21(26(42)31-18(29(45)46)10-11-19(38)39)34-27(43)22(15(6)9-2)33-25(41)20(13(3)4)32-28(44)23(16(7)37)35-24(40)17(30)12-36/h13-18,20-23,36-37H,8-12,30H2,1-7H3,(H,31,42)(H,32,44)(H,33,41)(H,34,43)(H,35,40)(H,38,39)(H,45,46)/t14-,15-,16+,17-,18-,20-,21-,22-,23-/m1/s1. The maximum atomic E-state index is 13.6. The van der Waals surface area contributed by atoms with E-state index in [0.717, 1.165) is 0 Å². The molecule has 0 aliphatic carbocycles. The Morgan fingerprint density at radius 2 is 1.02 bits per heavy atom. The largest absolute Gasteiger partial charge is 0.481 e. The van der Waals surface area contributed by atoms with Gasteiger partial charge in [-0.15, -0.1) is 0 Å². The molecule has 0 aromatic rings. The number of nitrogens with two attached hydrogens (primary N) is 1. The van der Waals surface area contributed by atoms with Gasteiger partial charge in [-0.3, -0.25) is 28.8 Å². The molecule has 0 bridgehead atoms. The summed E-state index contributed by atoms with van der Waals surface area (Å²) < 4.78 is 0. The van der Waals surface area contributed by atoms with Crippen molar-refractivity contribution in [3.63, 3.8) is 0 Å². The van der Waals surface area contributed by atoms with Gasteiger partial charge in [0, 0.05) is 6.42 Å². The molecule has 17 heteroatoms. The minimum absolute atomic E-state index is 0.376. The monoisotopic (exact) mass is 660 g/mol. The first-order chi connectivity index (χ1) is 21.3. The third kappa shape index (κ3) is 13.7. The first kappa shape index (κ1) is 42.2. The summed E-state index contributed by atoms with van der Waals surface area (Å²) in [5.74, 6) is -8.36. The molecule has 17 nitrogen and oxygen atoms in total. The molecule has 9 atom stereocenters. The lowest BCUT2D eigenvalue weighted by molar-refractivity contribution is -0.144. The van der Waals surface area contributed by atoms with Crippen LogP contribution in [0.25, 0.3) is 0 Å². The van der Waals surface area contributed by atoms with E-state index in [0.29, 0.717) is 12.8 Å². The Bertz CT molecular complexity index is 1070. The molecule has 0 aromatic heterocycles. The van der Waals surface area contributed by atoms with E-state index in [-0.39, 0.29) is 6.42 Å². The highest BCUT2D eigenvalue weighted by atomic mass is 16.4. The molecule has 0 rings (SSSR count). The number of carboxylic acid groups (broad SMARTS) is 2. The molecular weight excluding hydrogens is 608 g/mol. The molecule has 0 unspecified atom stereocenters. The molecule has 0 saturated carbocycles. The molecule has 0 radical (unpaired) electrons. The highest BCUT2D eigenvalue weighted by molar-refractivity contribution is 5.96. The average molecular weight is 661 g/mol. The van der Waals surface area contributed by atoms with Crippen molar-refractivity contribution in [1.29, 1.82) is 0 Å². The molecular formula is C29H52N6O11. The summed E-state index contributed by atoms with van der Waals surface area (Å²) in [7, 11) is 0. The number of carboxylic acids is 2. The summed E-state index contributed by atoms with van der Waals surface area (Å²) in [5.41, 5.74) is 5.48. The van der Waals surface area contributed by atoms with Crippen LogP contribution in [0.1, 0.15) is 74.1 Å². The second kappa shape index (κ2) is 20.3. The molecule has 5 amide bonds. The van der Waals surface area contributed by atoms with E-state index in [1.54, 1.807) is 41.5 Å². The Morgan fingerprint density at radius 3 is 1.39 bits per heavy atom. The molecule has 0 spiro atoms. The van der Waals surface area contributed by atoms with Crippen LogP contribution < -0.4 is 32.3 Å². The summed E-state index contributed by atoms with van der Waals surface area (Å²) in [5, 5.41) is 49.8. The molecule has 46 heavy (non-hydrogen) atoms. The molecule has 0 aliphatic heterocycles. The zero-order chi connectivity index (χ0) is 35.9. The van der Waals surface area contributed by atoms with Crippen molar-refractivity contribution < 1.29 is 54.0 Å². The van der Waals surface area contributed by atoms with Crippen LogP contribution in [0.2, 0.25) is 0 Å². The Hall–Kier alpha value is -3.83. The van der Waals surface area contributed by atoms with Crippen LogP contribution in [0.4, 0.5) is 0 Å². The molecule has 0 aromatic carbocycles. The van der Waals surface area contributed by atoms with Gasteiger partial charge in [0.15, 0.2) is 0 Å². The topological polar surface area (TPSA) is 287 Å². The fraction of sp³-hybridized carbons (Fsp3) is 0.759. The maximum Gasteiger partial charge on any atom is 0.326 e. The van der Waals surface area contributed by atoms with Gasteiger partial charge in [0.25, 0.3) is 0 Å². The van der Waals surface area contributed by atoms with Crippen molar-refractivity contribution in [3.05, 3.63) is 0 Å². The van der Waals surface area contributed by atoms with Crippen molar-refractivity contribution in [3.8, 4) is 0 Å². The van der Waals surface area contributed by atoms with Crippen molar-refractivity contribution in [2.45, 2.75) is 117 Å². The Kier molecular flexibility index (Phi) is 18.6. The smallest absolute Gasteiger partial charge is 0.326 e. The number of carbonyl (C=O) groups excluding carboxylic acids is 5. The van der Waals surface area contributed by atoms with Crippen molar-refractivity contribution in [1.82, 2.24) is 26.6 Å². The van der Waals surface area contributed by atoms with Gasteiger partial charge in [-0.2, -0.15) is 0 Å². The average Bonchev–Trinajstić information content (AvgIpc) is 2.99. The number of aliphatic hydroxyl groups excluding tert-OH is 2. The van der Waals surface area contributed by atoms with Gasteiger partial charge < -0.3 is 52.7 Å². The molecule has 0 aliphatic rings. The van der Waals surface area contributed by atoms with Crippen molar-refractivity contribution >= 4 is 41.5 Å². The van der Waals surface area contributed by atoms with E-state index < -0.39 is 115 Å². The maximum absolute atomic E-state index is 13.6. The van der Waals surface area contributed by atoms with Crippen LogP contribution in [-0.4, -0.2) is 111 Å². The summed E-state index contributed by atoms with van der Waals surface area (Å²) >= 11 is 0. The highest BCUT2D eigenvalue weighted by Crippen LogP contribution is 2.14. The predicted molar refractivity (Wildman–Crippen MR) is 165 cm³/mol. The second-order valence-electron chi connectivity index (χ2n) is 11.8. The van der Waals surface area contributed by atoms with Crippen LogP contribution in [0.5, 0.6) is 0 Å². The summed E-state index contributed by atoms with van der Waals surface area (Å²) in [6, 6.07) is -8.05. The number of rotatable bonds is 21. The fourth-order valence-electron chi connectivity index (χ4n) is 4.20. The van der Waals surface area contributed by atoms with E-state index in [2.05, 4.69) is 26.6 Å². The van der Waals surface area contributed by atoms with Gasteiger partial charge in [0.1, 0.15) is 36.3 Å². The quantitative estimate of drug-likeness (QED) is 0.0628. The van der Waals surface area contributed by atoms with E-state index in [1.807, 2.05) is 0 Å². The predicted octanol–water partition coefficient (Wildman–Crippen LogP) is -2.19. The first-order valence-corrected chi connectivity index (χ1v) is 15.3. The molecule has 0 fully saturated rings. The second-order valence-corrected chi connectivity index (χ2v) is 11.8. The van der Waals surface area contributed by atoms with E-state index in [9.17, 15) is 43.8 Å². The molecule has 0 saturated heterocycles. The Balaban J connectivity index is 6.06. The van der Waals surface area contributed by atoms with Crippen LogP contribution in [-0.2, 0) is 33.6 Å². The summed E-state index contributed by atoms with van der Waals surface area (Å²) in [6.07, 6.45) is -1.48.